The maximum atomic E-state index is 13.0. The van der Waals surface area contributed by atoms with Crippen molar-refractivity contribution in [2.45, 2.75) is 31.6 Å². The van der Waals surface area contributed by atoms with Crippen molar-refractivity contribution >= 4 is 5.78 Å². The number of halogens is 6. The van der Waals surface area contributed by atoms with E-state index in [9.17, 15) is 31.1 Å². The zero-order valence-corrected chi connectivity index (χ0v) is 16.0. The zero-order valence-electron chi connectivity index (χ0n) is 16.0. The maximum Gasteiger partial charge on any atom is 0.434 e. The zero-order chi connectivity index (χ0) is 22.6. The summed E-state index contributed by atoms with van der Waals surface area (Å²) in [5.74, 6) is -0.632. The molecule has 0 bridgehead atoms. The van der Waals surface area contributed by atoms with E-state index in [0.29, 0.717) is 24.0 Å². The highest BCUT2D eigenvalue weighted by Gasteiger charge is 2.36. The van der Waals surface area contributed by atoms with Crippen LogP contribution in [0, 0.1) is 0 Å². The molecule has 0 aliphatic carbocycles. The third-order valence-electron chi connectivity index (χ3n) is 4.59. The molecule has 1 aromatic carbocycles. The van der Waals surface area contributed by atoms with Crippen molar-refractivity contribution in [1.29, 1.82) is 0 Å². The van der Waals surface area contributed by atoms with Crippen molar-refractivity contribution < 1.29 is 31.1 Å². The summed E-state index contributed by atoms with van der Waals surface area (Å²) in [6.07, 6.45) is -6.34. The van der Waals surface area contributed by atoms with E-state index in [2.05, 4.69) is 9.97 Å². The number of nitrogens with zero attached hydrogens (tertiary/aromatic N) is 2. The molecular formula is C22H16F6N2O. The van der Waals surface area contributed by atoms with E-state index < -0.39 is 35.1 Å². The van der Waals surface area contributed by atoms with E-state index in [1.807, 2.05) is 0 Å². The summed E-state index contributed by atoms with van der Waals surface area (Å²) in [5, 5.41) is 0. The molecule has 0 aliphatic heterocycles. The number of carbonyl (C=O) groups is 1. The molecule has 2 heterocycles. The largest absolute Gasteiger partial charge is 0.434 e. The minimum Gasteiger partial charge on any atom is -0.294 e. The van der Waals surface area contributed by atoms with Gasteiger partial charge in [-0.1, -0.05) is 30.3 Å². The van der Waals surface area contributed by atoms with Crippen LogP contribution in [0.3, 0.4) is 0 Å². The molecule has 3 nitrogen and oxygen atoms in total. The summed E-state index contributed by atoms with van der Waals surface area (Å²) in [6, 6.07) is 11.6. The monoisotopic (exact) mass is 438 g/mol. The predicted octanol–water partition coefficient (Wildman–Crippen LogP) is 6.39. The first-order chi connectivity index (χ1) is 14.6. The molecule has 0 N–H and O–H groups in total. The lowest BCUT2D eigenvalue weighted by Crippen LogP contribution is -2.15. The van der Waals surface area contributed by atoms with Gasteiger partial charge in [-0.05, 0) is 42.2 Å². The van der Waals surface area contributed by atoms with Gasteiger partial charge in [-0.3, -0.25) is 14.8 Å². The lowest BCUT2D eigenvalue weighted by Gasteiger charge is -2.10. The first kappa shape index (κ1) is 22.5. The fourth-order valence-electron chi connectivity index (χ4n) is 3.04. The van der Waals surface area contributed by atoms with E-state index in [4.69, 9.17) is 0 Å². The van der Waals surface area contributed by atoms with Gasteiger partial charge >= 0.3 is 12.4 Å². The van der Waals surface area contributed by atoms with Gasteiger partial charge in [0.25, 0.3) is 0 Å². The Kier molecular flexibility index (Phi) is 6.42. The number of hydrogen-bond acceptors (Lipinski definition) is 3. The second-order valence-corrected chi connectivity index (χ2v) is 6.80. The SMILES string of the molecule is O=C(CCCc1ccc(-c2ccc(C(F)(F)F)nc2)cc1)c1cccnc1C(F)(F)F. The third kappa shape index (κ3) is 5.68. The van der Waals surface area contributed by atoms with Crippen LogP contribution in [0.15, 0.2) is 60.9 Å². The van der Waals surface area contributed by atoms with Crippen LogP contribution in [0.4, 0.5) is 26.3 Å². The second-order valence-electron chi connectivity index (χ2n) is 6.80. The highest BCUT2D eigenvalue weighted by molar-refractivity contribution is 5.97. The van der Waals surface area contributed by atoms with E-state index in [1.54, 1.807) is 24.3 Å². The van der Waals surface area contributed by atoms with Crippen molar-refractivity contribution in [2.24, 2.45) is 0 Å². The number of carbonyl (C=O) groups excluding carboxylic acids is 1. The first-order valence-electron chi connectivity index (χ1n) is 9.23. The number of Topliss-reactive ketones (excluding diaryl/α,β-unsaturated/α-hetero) is 1. The molecule has 162 valence electrons. The van der Waals surface area contributed by atoms with Gasteiger partial charge in [-0.15, -0.1) is 0 Å². The summed E-state index contributed by atoms with van der Waals surface area (Å²) >= 11 is 0. The van der Waals surface area contributed by atoms with Crippen molar-refractivity contribution in [2.75, 3.05) is 0 Å². The molecule has 0 fully saturated rings. The Bertz CT molecular complexity index is 1040. The molecule has 3 aromatic rings. The van der Waals surface area contributed by atoms with Crippen LogP contribution < -0.4 is 0 Å². The fraction of sp³-hybridized carbons (Fsp3) is 0.227. The number of ketones is 1. The molecule has 2 aromatic heterocycles. The highest BCUT2D eigenvalue weighted by Crippen LogP contribution is 2.31. The summed E-state index contributed by atoms with van der Waals surface area (Å²) < 4.78 is 76.7. The third-order valence-corrected chi connectivity index (χ3v) is 4.59. The van der Waals surface area contributed by atoms with Crippen molar-refractivity contribution in [1.82, 2.24) is 9.97 Å². The Hall–Kier alpha value is -3.23. The van der Waals surface area contributed by atoms with Crippen molar-refractivity contribution in [3.05, 3.63) is 83.4 Å². The van der Waals surface area contributed by atoms with Gasteiger partial charge in [0.05, 0.1) is 0 Å². The number of hydrogen-bond donors (Lipinski definition) is 0. The number of aromatic nitrogens is 2. The van der Waals surface area contributed by atoms with E-state index >= 15 is 0 Å². The van der Waals surface area contributed by atoms with Gasteiger partial charge in [-0.25, -0.2) is 0 Å². The van der Waals surface area contributed by atoms with E-state index in [0.717, 1.165) is 30.1 Å². The number of benzene rings is 1. The Labute approximate surface area is 173 Å². The topological polar surface area (TPSA) is 42.9 Å². The standard InChI is InChI=1S/C22H16F6N2O/c23-21(24,25)19-11-10-16(13-30-19)15-8-6-14(7-9-15)3-1-5-18(31)17-4-2-12-29-20(17)22(26,27)28/h2,4,6-13H,1,3,5H2. The molecule has 0 aliphatic rings. The van der Waals surface area contributed by atoms with Gasteiger partial charge in [0, 0.05) is 29.9 Å². The fourth-order valence-corrected chi connectivity index (χ4v) is 3.04. The Morgan fingerprint density at radius 2 is 1.48 bits per heavy atom. The van der Waals surface area contributed by atoms with Crippen LogP contribution in [0.25, 0.3) is 11.1 Å². The summed E-state index contributed by atoms with van der Waals surface area (Å²) in [5.41, 5.74) is -0.564. The molecule has 31 heavy (non-hydrogen) atoms. The van der Waals surface area contributed by atoms with Gasteiger partial charge in [0.2, 0.25) is 0 Å². The van der Waals surface area contributed by atoms with Crippen molar-refractivity contribution in [3.8, 4) is 11.1 Å². The van der Waals surface area contributed by atoms with Crippen LogP contribution in [0.1, 0.15) is 40.2 Å². The Morgan fingerprint density at radius 1 is 0.806 bits per heavy atom. The van der Waals surface area contributed by atoms with Gasteiger partial charge in [0.1, 0.15) is 5.69 Å². The molecule has 0 atom stereocenters. The van der Waals surface area contributed by atoms with Gasteiger partial charge in [-0.2, -0.15) is 26.3 Å². The first-order valence-corrected chi connectivity index (χ1v) is 9.23. The average Bonchev–Trinajstić information content (AvgIpc) is 2.73. The predicted molar refractivity (Wildman–Crippen MR) is 101 cm³/mol. The molecule has 0 radical (unpaired) electrons. The smallest absolute Gasteiger partial charge is 0.294 e. The molecule has 3 rings (SSSR count). The quantitative estimate of drug-likeness (QED) is 0.331. The lowest BCUT2D eigenvalue weighted by atomic mass is 9.99. The highest BCUT2D eigenvalue weighted by atomic mass is 19.4. The van der Waals surface area contributed by atoms with Crippen LogP contribution >= 0.6 is 0 Å². The summed E-state index contributed by atoms with van der Waals surface area (Å²) in [4.78, 5) is 18.9. The molecule has 0 spiro atoms. The van der Waals surface area contributed by atoms with Crippen LogP contribution in [0.2, 0.25) is 0 Å². The Balaban J connectivity index is 1.60. The molecular weight excluding hydrogens is 422 g/mol. The van der Waals surface area contributed by atoms with Gasteiger partial charge < -0.3 is 0 Å². The average molecular weight is 438 g/mol. The lowest BCUT2D eigenvalue weighted by molar-refractivity contribution is -0.142. The van der Waals surface area contributed by atoms with Gasteiger partial charge in [0.15, 0.2) is 11.5 Å². The molecule has 0 amide bonds. The number of alkyl halides is 6. The maximum absolute atomic E-state index is 13.0. The molecule has 0 saturated carbocycles. The summed E-state index contributed by atoms with van der Waals surface area (Å²) in [7, 11) is 0. The minimum atomic E-state index is -4.70. The second kappa shape index (κ2) is 8.87. The molecule has 0 saturated heterocycles. The number of pyridine rings is 2. The van der Waals surface area contributed by atoms with Crippen molar-refractivity contribution in [3.63, 3.8) is 0 Å². The number of rotatable bonds is 6. The molecule has 9 heteroatoms. The van der Waals surface area contributed by atoms with Crippen LogP contribution in [-0.4, -0.2) is 15.8 Å². The van der Waals surface area contributed by atoms with Crippen LogP contribution in [-0.2, 0) is 18.8 Å². The van der Waals surface area contributed by atoms with E-state index in [1.165, 1.54) is 12.1 Å². The normalized spacial score (nSPS) is 12.1. The Morgan fingerprint density at radius 3 is 2.06 bits per heavy atom. The van der Waals surface area contributed by atoms with Crippen LogP contribution in [0.5, 0.6) is 0 Å². The summed E-state index contributed by atoms with van der Waals surface area (Å²) in [6.45, 7) is 0. The molecule has 0 unspecified atom stereocenters. The minimum absolute atomic E-state index is 0.0701. The number of aryl methyl sites for hydroxylation is 1. The van der Waals surface area contributed by atoms with E-state index in [-0.39, 0.29) is 6.42 Å².